The highest BCUT2D eigenvalue weighted by atomic mass is 16.4. The van der Waals surface area contributed by atoms with Crippen LogP contribution in [0.5, 0.6) is 0 Å². The van der Waals surface area contributed by atoms with E-state index in [2.05, 4.69) is 33.7 Å². The summed E-state index contributed by atoms with van der Waals surface area (Å²) in [7, 11) is 0. The molecule has 1 atom stereocenters. The molecule has 1 saturated heterocycles. The van der Waals surface area contributed by atoms with Gasteiger partial charge in [-0.05, 0) is 39.3 Å². The van der Waals surface area contributed by atoms with Crippen LogP contribution in [0.3, 0.4) is 0 Å². The fourth-order valence-corrected chi connectivity index (χ4v) is 3.25. The lowest BCUT2D eigenvalue weighted by molar-refractivity contribution is 0.0696. The van der Waals surface area contributed by atoms with Gasteiger partial charge in [-0.15, -0.1) is 0 Å². The lowest BCUT2D eigenvalue weighted by Gasteiger charge is -2.35. The van der Waals surface area contributed by atoms with Crippen molar-refractivity contribution in [3.8, 4) is 11.3 Å². The standard InChI is InChI=1S/C18H22N4O2/c1-12(2)22-7-3-4-13(11-22)16-17(21-6-5-20-16)14-8-15(18(23)24)10-19-9-14/h5-6,8-10,12-13H,3-4,7,11H2,1-2H3,(H,23,24)/t13-/m0/s1. The molecule has 1 aliphatic rings. The maximum Gasteiger partial charge on any atom is 0.337 e. The molecule has 0 bridgehead atoms. The SMILES string of the molecule is CC(C)N1CCC[C@H](c2nccnc2-c2cncc(C(=O)O)c2)C1. The Morgan fingerprint density at radius 1 is 1.29 bits per heavy atom. The van der Waals surface area contributed by atoms with E-state index < -0.39 is 5.97 Å². The van der Waals surface area contributed by atoms with E-state index in [0.717, 1.165) is 37.3 Å². The van der Waals surface area contributed by atoms with Gasteiger partial charge in [-0.1, -0.05) is 0 Å². The highest BCUT2D eigenvalue weighted by Gasteiger charge is 2.26. The molecule has 3 heterocycles. The number of aromatic nitrogens is 3. The van der Waals surface area contributed by atoms with Crippen LogP contribution in [-0.2, 0) is 0 Å². The molecule has 1 aliphatic heterocycles. The second-order valence-corrected chi connectivity index (χ2v) is 6.49. The molecule has 0 radical (unpaired) electrons. The Balaban J connectivity index is 1.96. The molecule has 24 heavy (non-hydrogen) atoms. The van der Waals surface area contributed by atoms with E-state index in [1.165, 1.54) is 6.20 Å². The predicted molar refractivity (Wildman–Crippen MR) is 90.9 cm³/mol. The van der Waals surface area contributed by atoms with Gasteiger partial charge in [0.05, 0.1) is 17.0 Å². The minimum atomic E-state index is -0.988. The summed E-state index contributed by atoms with van der Waals surface area (Å²) in [4.78, 5) is 26.8. The molecule has 0 unspecified atom stereocenters. The quantitative estimate of drug-likeness (QED) is 0.930. The molecular weight excluding hydrogens is 304 g/mol. The Morgan fingerprint density at radius 2 is 2.08 bits per heavy atom. The largest absolute Gasteiger partial charge is 0.478 e. The van der Waals surface area contributed by atoms with Crippen LogP contribution in [0.1, 0.15) is 48.7 Å². The number of carboxylic acids is 1. The highest BCUT2D eigenvalue weighted by molar-refractivity contribution is 5.88. The third kappa shape index (κ3) is 3.43. The van der Waals surface area contributed by atoms with Crippen molar-refractivity contribution in [3.63, 3.8) is 0 Å². The van der Waals surface area contributed by atoms with Gasteiger partial charge in [-0.3, -0.25) is 15.0 Å². The van der Waals surface area contributed by atoms with E-state index in [0.29, 0.717) is 17.5 Å². The van der Waals surface area contributed by atoms with Gasteiger partial charge in [0.1, 0.15) is 0 Å². The van der Waals surface area contributed by atoms with Gasteiger partial charge in [0.15, 0.2) is 0 Å². The van der Waals surface area contributed by atoms with Crippen LogP contribution in [0.4, 0.5) is 0 Å². The van der Waals surface area contributed by atoms with E-state index in [4.69, 9.17) is 0 Å². The van der Waals surface area contributed by atoms with E-state index in [1.54, 1.807) is 24.7 Å². The number of nitrogens with zero attached hydrogens (tertiary/aromatic N) is 4. The van der Waals surface area contributed by atoms with Gasteiger partial charge >= 0.3 is 5.97 Å². The molecule has 6 heteroatoms. The molecule has 2 aromatic rings. The number of piperidine rings is 1. The average molecular weight is 326 g/mol. The van der Waals surface area contributed by atoms with Crippen molar-refractivity contribution >= 4 is 5.97 Å². The van der Waals surface area contributed by atoms with Crippen LogP contribution >= 0.6 is 0 Å². The van der Waals surface area contributed by atoms with Gasteiger partial charge in [-0.25, -0.2) is 4.79 Å². The first-order valence-electron chi connectivity index (χ1n) is 8.30. The molecule has 1 fully saturated rings. The van der Waals surface area contributed by atoms with Crippen molar-refractivity contribution in [3.05, 3.63) is 42.1 Å². The van der Waals surface area contributed by atoms with Crippen molar-refractivity contribution < 1.29 is 9.90 Å². The van der Waals surface area contributed by atoms with Crippen LogP contribution in [0, 0.1) is 0 Å². The number of carboxylic acid groups (broad SMARTS) is 1. The van der Waals surface area contributed by atoms with E-state index in [1.807, 2.05) is 0 Å². The zero-order valence-corrected chi connectivity index (χ0v) is 14.0. The van der Waals surface area contributed by atoms with Crippen LogP contribution < -0.4 is 0 Å². The Bertz CT molecular complexity index is 732. The predicted octanol–water partition coefficient (Wildman–Crippen LogP) is 2.82. The van der Waals surface area contributed by atoms with Crippen molar-refractivity contribution in [2.24, 2.45) is 0 Å². The van der Waals surface area contributed by atoms with Gasteiger partial charge in [-0.2, -0.15) is 0 Å². The number of aromatic carboxylic acids is 1. The lowest BCUT2D eigenvalue weighted by atomic mass is 9.91. The molecule has 126 valence electrons. The monoisotopic (exact) mass is 326 g/mol. The zero-order valence-electron chi connectivity index (χ0n) is 14.0. The van der Waals surface area contributed by atoms with Gasteiger partial charge < -0.3 is 10.0 Å². The average Bonchev–Trinajstić information content (AvgIpc) is 2.62. The number of hydrogen-bond acceptors (Lipinski definition) is 5. The maximum absolute atomic E-state index is 11.2. The third-order valence-corrected chi connectivity index (χ3v) is 4.55. The highest BCUT2D eigenvalue weighted by Crippen LogP contribution is 2.32. The fraction of sp³-hybridized carbons (Fsp3) is 0.444. The Hall–Kier alpha value is -2.34. The number of carbonyl (C=O) groups is 1. The van der Waals surface area contributed by atoms with Gasteiger partial charge in [0.2, 0.25) is 0 Å². The Kier molecular flexibility index (Phi) is 4.85. The van der Waals surface area contributed by atoms with E-state index >= 15 is 0 Å². The summed E-state index contributed by atoms with van der Waals surface area (Å²) < 4.78 is 0. The first-order valence-corrected chi connectivity index (χ1v) is 8.30. The number of rotatable bonds is 4. The summed E-state index contributed by atoms with van der Waals surface area (Å²) in [6.07, 6.45) is 8.57. The first kappa shape index (κ1) is 16.5. The lowest BCUT2D eigenvalue weighted by Crippen LogP contribution is -2.39. The van der Waals surface area contributed by atoms with Gasteiger partial charge in [0.25, 0.3) is 0 Å². The number of likely N-dealkylation sites (tertiary alicyclic amines) is 1. The Morgan fingerprint density at radius 3 is 2.83 bits per heavy atom. The first-order chi connectivity index (χ1) is 11.6. The summed E-state index contributed by atoms with van der Waals surface area (Å²) in [6, 6.07) is 2.12. The molecule has 2 aromatic heterocycles. The topological polar surface area (TPSA) is 79.2 Å². The molecule has 0 spiro atoms. The summed E-state index contributed by atoms with van der Waals surface area (Å²) >= 11 is 0. The molecule has 1 N–H and O–H groups in total. The molecule has 3 rings (SSSR count). The van der Waals surface area contributed by atoms with Crippen molar-refractivity contribution in [2.75, 3.05) is 13.1 Å². The molecule has 6 nitrogen and oxygen atoms in total. The van der Waals surface area contributed by atoms with Crippen LogP contribution in [-0.4, -0.2) is 50.1 Å². The third-order valence-electron chi connectivity index (χ3n) is 4.55. The second kappa shape index (κ2) is 7.05. The van der Waals surface area contributed by atoms with Crippen molar-refractivity contribution in [1.29, 1.82) is 0 Å². The van der Waals surface area contributed by atoms with Crippen molar-refractivity contribution in [1.82, 2.24) is 19.9 Å². The molecule has 0 aromatic carbocycles. The van der Waals surface area contributed by atoms with Crippen LogP contribution in [0.2, 0.25) is 0 Å². The molecule has 0 amide bonds. The summed E-state index contributed by atoms with van der Waals surface area (Å²) in [5.74, 6) is -0.684. The van der Waals surface area contributed by atoms with E-state index in [9.17, 15) is 9.90 Å². The molecule has 0 saturated carbocycles. The number of pyridine rings is 1. The fourth-order valence-electron chi connectivity index (χ4n) is 3.25. The summed E-state index contributed by atoms with van der Waals surface area (Å²) in [5.41, 5.74) is 2.55. The minimum absolute atomic E-state index is 0.163. The van der Waals surface area contributed by atoms with E-state index in [-0.39, 0.29) is 5.56 Å². The summed E-state index contributed by atoms with van der Waals surface area (Å²) in [5, 5.41) is 9.19. The Labute approximate surface area is 141 Å². The maximum atomic E-state index is 11.2. The second-order valence-electron chi connectivity index (χ2n) is 6.49. The summed E-state index contributed by atoms with van der Waals surface area (Å²) in [6.45, 7) is 6.48. The molecule has 0 aliphatic carbocycles. The van der Waals surface area contributed by atoms with Crippen LogP contribution in [0.15, 0.2) is 30.9 Å². The van der Waals surface area contributed by atoms with Gasteiger partial charge in [0, 0.05) is 48.9 Å². The normalized spacial score (nSPS) is 18.7. The van der Waals surface area contributed by atoms with Crippen LogP contribution in [0.25, 0.3) is 11.3 Å². The van der Waals surface area contributed by atoms with Crippen molar-refractivity contribution in [2.45, 2.75) is 38.6 Å². The minimum Gasteiger partial charge on any atom is -0.478 e. The smallest absolute Gasteiger partial charge is 0.337 e. The number of hydrogen-bond donors (Lipinski definition) is 1. The molecular formula is C18H22N4O2. The zero-order chi connectivity index (χ0) is 17.1.